The molecule has 1 aliphatic carbocycles. The summed E-state index contributed by atoms with van der Waals surface area (Å²) in [5.74, 6) is -0.174. The van der Waals surface area contributed by atoms with E-state index in [4.69, 9.17) is 0 Å². The first kappa shape index (κ1) is 20.9. The molecule has 1 heterocycles. The van der Waals surface area contributed by atoms with Gasteiger partial charge >= 0.3 is 0 Å². The van der Waals surface area contributed by atoms with Gasteiger partial charge in [0.2, 0.25) is 0 Å². The summed E-state index contributed by atoms with van der Waals surface area (Å²) in [4.78, 5) is 28.9. The van der Waals surface area contributed by atoms with Crippen LogP contribution >= 0.6 is 11.3 Å². The van der Waals surface area contributed by atoms with Gasteiger partial charge in [-0.1, -0.05) is 44.2 Å². The monoisotopic (exact) mass is 388 g/mol. The van der Waals surface area contributed by atoms with Gasteiger partial charge in [-0.25, -0.2) is 4.98 Å². The molecule has 1 aromatic carbocycles. The molecule has 0 bridgehead atoms. The Balaban J connectivity index is 0.00000126. The van der Waals surface area contributed by atoms with Gasteiger partial charge < -0.3 is 16.0 Å². The largest absolute Gasteiger partial charge is 0.362 e. The Morgan fingerprint density at radius 1 is 1.15 bits per heavy atom. The Labute approximate surface area is 164 Å². The summed E-state index contributed by atoms with van der Waals surface area (Å²) in [6, 6.07) is 7.66. The Bertz CT molecular complexity index is 739. The minimum absolute atomic E-state index is 0.0325. The van der Waals surface area contributed by atoms with Crippen molar-refractivity contribution in [3.8, 4) is 0 Å². The van der Waals surface area contributed by atoms with Crippen LogP contribution in [0.25, 0.3) is 0 Å². The molecule has 0 aliphatic heterocycles. The van der Waals surface area contributed by atoms with Crippen LogP contribution in [0.4, 0.5) is 5.13 Å². The van der Waals surface area contributed by atoms with Crippen molar-refractivity contribution >= 4 is 28.3 Å². The number of carbonyl (C=O) groups excluding carboxylic acids is 2. The van der Waals surface area contributed by atoms with Crippen LogP contribution in [0.15, 0.2) is 30.5 Å². The normalized spacial score (nSPS) is 12.6. The van der Waals surface area contributed by atoms with Gasteiger partial charge in [0, 0.05) is 24.7 Å². The second-order valence-corrected chi connectivity index (χ2v) is 7.11. The molecule has 7 heteroatoms. The van der Waals surface area contributed by atoms with E-state index >= 15 is 0 Å². The molecule has 3 rings (SSSR count). The van der Waals surface area contributed by atoms with E-state index in [-0.39, 0.29) is 11.8 Å². The average molecular weight is 389 g/mol. The molecule has 1 aromatic heterocycles. The number of thiazole rings is 1. The molecule has 2 amide bonds. The summed E-state index contributed by atoms with van der Waals surface area (Å²) in [5.41, 5.74) is 1.60. The number of amides is 2. The summed E-state index contributed by atoms with van der Waals surface area (Å²) in [6.07, 6.45) is 4.74. The van der Waals surface area contributed by atoms with Crippen molar-refractivity contribution < 1.29 is 9.59 Å². The van der Waals surface area contributed by atoms with E-state index in [9.17, 15) is 9.59 Å². The predicted octanol–water partition coefficient (Wildman–Crippen LogP) is 3.81. The third kappa shape index (κ3) is 6.67. The van der Waals surface area contributed by atoms with E-state index in [1.165, 1.54) is 11.3 Å². The summed E-state index contributed by atoms with van der Waals surface area (Å²) < 4.78 is 0. The molecule has 3 N–H and O–H groups in total. The molecule has 6 nitrogen and oxygen atoms in total. The molecular formula is C20H28N4O2S. The lowest BCUT2D eigenvalue weighted by molar-refractivity contribution is 0.0943. The lowest BCUT2D eigenvalue weighted by atomic mass is 10.1. The second kappa shape index (κ2) is 10.7. The molecule has 0 atom stereocenters. The third-order valence-corrected chi connectivity index (χ3v) is 4.79. The van der Waals surface area contributed by atoms with Crippen LogP contribution in [0.3, 0.4) is 0 Å². The smallest absolute Gasteiger partial charge is 0.263 e. The van der Waals surface area contributed by atoms with Crippen LogP contribution in [0.5, 0.6) is 0 Å². The Morgan fingerprint density at radius 2 is 1.85 bits per heavy atom. The SMILES string of the molecule is CC.CCCNc1ncc(C(=O)NCc2ccc(C(=O)NC3CC3)cc2)s1. The Morgan fingerprint density at radius 3 is 2.48 bits per heavy atom. The zero-order valence-electron chi connectivity index (χ0n) is 16.2. The first-order valence-corrected chi connectivity index (χ1v) is 10.3. The molecule has 0 spiro atoms. The standard InChI is InChI=1S/C18H22N4O2S.C2H6/c1-2-9-19-18-21-11-15(25-18)17(24)20-10-12-3-5-13(6-4-12)16(23)22-14-7-8-14;1-2/h3-6,11,14H,2,7-10H2,1H3,(H,19,21)(H,20,24)(H,22,23);1-2H3. The van der Waals surface area contributed by atoms with Crippen LogP contribution < -0.4 is 16.0 Å². The average Bonchev–Trinajstić information content (AvgIpc) is 3.39. The third-order valence-electron chi connectivity index (χ3n) is 3.84. The number of nitrogens with zero attached hydrogens (tertiary/aromatic N) is 1. The molecule has 0 unspecified atom stereocenters. The first-order chi connectivity index (χ1) is 13.2. The number of hydrogen-bond acceptors (Lipinski definition) is 5. The number of anilines is 1. The minimum Gasteiger partial charge on any atom is -0.362 e. The Hall–Kier alpha value is -2.41. The van der Waals surface area contributed by atoms with Crippen LogP contribution in [-0.4, -0.2) is 29.4 Å². The van der Waals surface area contributed by atoms with Crippen molar-refractivity contribution in [1.29, 1.82) is 0 Å². The maximum absolute atomic E-state index is 12.2. The van der Waals surface area contributed by atoms with Crippen LogP contribution in [0, 0.1) is 0 Å². The maximum atomic E-state index is 12.2. The lowest BCUT2D eigenvalue weighted by Gasteiger charge is -2.06. The highest BCUT2D eigenvalue weighted by Gasteiger charge is 2.23. The highest BCUT2D eigenvalue weighted by atomic mass is 32.1. The highest BCUT2D eigenvalue weighted by Crippen LogP contribution is 2.20. The van der Waals surface area contributed by atoms with Gasteiger partial charge in [-0.2, -0.15) is 0 Å². The summed E-state index contributed by atoms with van der Waals surface area (Å²) in [5, 5.41) is 9.77. The lowest BCUT2D eigenvalue weighted by Crippen LogP contribution is -2.25. The van der Waals surface area contributed by atoms with Crippen molar-refractivity contribution in [2.45, 2.75) is 52.6 Å². The van der Waals surface area contributed by atoms with Gasteiger partial charge in [0.1, 0.15) is 4.88 Å². The fourth-order valence-electron chi connectivity index (χ4n) is 2.23. The van der Waals surface area contributed by atoms with Gasteiger partial charge in [0.15, 0.2) is 5.13 Å². The van der Waals surface area contributed by atoms with Crippen molar-refractivity contribution in [3.63, 3.8) is 0 Å². The fourth-order valence-corrected chi connectivity index (χ4v) is 2.99. The molecule has 146 valence electrons. The number of benzene rings is 1. The summed E-state index contributed by atoms with van der Waals surface area (Å²) >= 11 is 1.35. The van der Waals surface area contributed by atoms with Crippen molar-refractivity contribution in [2.75, 3.05) is 11.9 Å². The molecule has 1 aliphatic rings. The van der Waals surface area contributed by atoms with Gasteiger partial charge in [-0.3, -0.25) is 9.59 Å². The van der Waals surface area contributed by atoms with E-state index < -0.39 is 0 Å². The Kier molecular flexibility index (Phi) is 8.26. The number of nitrogens with one attached hydrogen (secondary N) is 3. The number of hydrogen-bond donors (Lipinski definition) is 3. The van der Waals surface area contributed by atoms with Gasteiger partial charge in [0.25, 0.3) is 11.8 Å². The molecule has 1 fully saturated rings. The van der Waals surface area contributed by atoms with E-state index in [2.05, 4.69) is 27.9 Å². The molecule has 0 saturated heterocycles. The topological polar surface area (TPSA) is 83.1 Å². The van der Waals surface area contributed by atoms with E-state index in [0.29, 0.717) is 23.0 Å². The van der Waals surface area contributed by atoms with Gasteiger partial charge in [0.05, 0.1) is 6.20 Å². The molecule has 27 heavy (non-hydrogen) atoms. The van der Waals surface area contributed by atoms with Crippen molar-refractivity contribution in [3.05, 3.63) is 46.5 Å². The molecule has 0 radical (unpaired) electrons. The summed E-state index contributed by atoms with van der Waals surface area (Å²) in [7, 11) is 0. The van der Waals surface area contributed by atoms with Crippen LogP contribution in [-0.2, 0) is 6.54 Å². The minimum atomic E-state index is -0.141. The van der Waals surface area contributed by atoms with Crippen LogP contribution in [0.1, 0.15) is 65.6 Å². The zero-order chi connectivity index (χ0) is 19.6. The van der Waals surface area contributed by atoms with Gasteiger partial charge in [-0.15, -0.1) is 0 Å². The number of aromatic nitrogens is 1. The number of rotatable bonds is 8. The first-order valence-electron chi connectivity index (χ1n) is 9.53. The quantitative estimate of drug-likeness (QED) is 0.642. The zero-order valence-corrected chi connectivity index (χ0v) is 17.0. The van der Waals surface area contributed by atoms with Crippen LogP contribution in [0.2, 0.25) is 0 Å². The summed E-state index contributed by atoms with van der Waals surface area (Å²) in [6.45, 7) is 7.34. The molecule has 1 saturated carbocycles. The van der Waals surface area contributed by atoms with E-state index in [1.54, 1.807) is 18.3 Å². The van der Waals surface area contributed by atoms with E-state index in [0.717, 1.165) is 36.5 Å². The highest BCUT2D eigenvalue weighted by molar-refractivity contribution is 7.17. The van der Waals surface area contributed by atoms with E-state index in [1.807, 2.05) is 26.0 Å². The molecule has 2 aromatic rings. The second-order valence-electron chi connectivity index (χ2n) is 6.08. The molecular weight excluding hydrogens is 360 g/mol. The van der Waals surface area contributed by atoms with Crippen molar-refractivity contribution in [2.24, 2.45) is 0 Å². The maximum Gasteiger partial charge on any atom is 0.263 e. The van der Waals surface area contributed by atoms with Gasteiger partial charge in [-0.05, 0) is 37.0 Å². The number of carbonyl (C=O) groups is 2. The fraction of sp³-hybridized carbons (Fsp3) is 0.450. The van der Waals surface area contributed by atoms with Crippen molar-refractivity contribution in [1.82, 2.24) is 15.6 Å². The predicted molar refractivity (Wildman–Crippen MR) is 110 cm³/mol.